The summed E-state index contributed by atoms with van der Waals surface area (Å²) in [5.41, 5.74) is 1.19. The Labute approximate surface area is 80.6 Å². The molecule has 5 nitrogen and oxygen atoms in total. The predicted molar refractivity (Wildman–Crippen MR) is 51.0 cm³/mol. The van der Waals surface area contributed by atoms with Gasteiger partial charge >= 0.3 is 0 Å². The third kappa shape index (κ3) is 1.22. The fraction of sp³-hybridized carbons (Fsp3) is 0.333. The Bertz CT molecular complexity index is 452. The number of aromatic hydroxyl groups is 1. The summed E-state index contributed by atoms with van der Waals surface area (Å²) in [7, 11) is 0. The van der Waals surface area contributed by atoms with Gasteiger partial charge in [0.15, 0.2) is 5.52 Å². The monoisotopic (exact) mass is 193 g/mol. The lowest BCUT2D eigenvalue weighted by Crippen LogP contribution is -2.10. The summed E-state index contributed by atoms with van der Waals surface area (Å²) < 4.78 is 1.59. The molecule has 0 spiro atoms. The van der Waals surface area contributed by atoms with Gasteiger partial charge in [0, 0.05) is 0 Å². The highest BCUT2D eigenvalue weighted by Gasteiger charge is 2.11. The van der Waals surface area contributed by atoms with Crippen LogP contribution in [0.25, 0.3) is 11.0 Å². The first-order valence-corrected chi connectivity index (χ1v) is 4.37. The van der Waals surface area contributed by atoms with Crippen LogP contribution in [0.3, 0.4) is 0 Å². The van der Waals surface area contributed by atoms with E-state index in [2.05, 4.69) is 10.3 Å². The molecule has 0 aliphatic carbocycles. The first-order valence-electron chi connectivity index (χ1n) is 4.37. The lowest BCUT2D eigenvalue weighted by Gasteiger charge is -2.07. The van der Waals surface area contributed by atoms with Crippen molar-refractivity contribution in [2.45, 2.75) is 13.0 Å². The highest BCUT2D eigenvalue weighted by atomic mass is 16.3. The van der Waals surface area contributed by atoms with E-state index in [0.29, 0.717) is 5.52 Å². The molecule has 5 heteroatoms. The average Bonchev–Trinajstić information content (AvgIpc) is 2.62. The zero-order chi connectivity index (χ0) is 10.1. The maximum atomic E-state index is 9.46. The standard InChI is InChI=1S/C9H11N3O2/c1-6(5-13)12-7-3-2-4-8(14)9(7)10-11-12/h2-4,6,13-14H,5H2,1H3. The molecule has 0 saturated carbocycles. The fourth-order valence-corrected chi connectivity index (χ4v) is 1.35. The van der Waals surface area contributed by atoms with Gasteiger partial charge < -0.3 is 10.2 Å². The minimum absolute atomic E-state index is 0.00584. The lowest BCUT2D eigenvalue weighted by atomic mass is 10.2. The van der Waals surface area contributed by atoms with Crippen molar-refractivity contribution >= 4 is 11.0 Å². The van der Waals surface area contributed by atoms with Crippen LogP contribution in [0.2, 0.25) is 0 Å². The number of hydrogen-bond acceptors (Lipinski definition) is 4. The van der Waals surface area contributed by atoms with Crippen molar-refractivity contribution in [2.24, 2.45) is 0 Å². The number of nitrogens with zero attached hydrogens (tertiary/aromatic N) is 3. The molecule has 1 aromatic carbocycles. The smallest absolute Gasteiger partial charge is 0.154 e. The summed E-state index contributed by atoms with van der Waals surface area (Å²) >= 11 is 0. The second-order valence-electron chi connectivity index (χ2n) is 3.21. The summed E-state index contributed by atoms with van der Waals surface area (Å²) in [4.78, 5) is 0. The summed E-state index contributed by atoms with van der Waals surface area (Å²) in [6.07, 6.45) is 0. The Morgan fingerprint density at radius 2 is 2.29 bits per heavy atom. The van der Waals surface area contributed by atoms with Crippen LogP contribution in [0.15, 0.2) is 18.2 Å². The van der Waals surface area contributed by atoms with Gasteiger partial charge in [0.25, 0.3) is 0 Å². The number of aromatic nitrogens is 3. The van der Waals surface area contributed by atoms with Gasteiger partial charge in [-0.05, 0) is 19.1 Å². The van der Waals surface area contributed by atoms with Crippen LogP contribution >= 0.6 is 0 Å². The molecule has 0 aliphatic rings. The van der Waals surface area contributed by atoms with Crippen molar-refractivity contribution < 1.29 is 10.2 Å². The minimum atomic E-state index is -0.137. The van der Waals surface area contributed by atoms with Crippen molar-refractivity contribution in [3.05, 3.63) is 18.2 Å². The van der Waals surface area contributed by atoms with Crippen LogP contribution in [-0.2, 0) is 0 Å². The minimum Gasteiger partial charge on any atom is -0.506 e. The van der Waals surface area contributed by atoms with E-state index in [4.69, 9.17) is 5.11 Å². The molecule has 0 saturated heterocycles. The van der Waals surface area contributed by atoms with Gasteiger partial charge in [-0.3, -0.25) is 0 Å². The topological polar surface area (TPSA) is 71.2 Å². The van der Waals surface area contributed by atoms with E-state index in [-0.39, 0.29) is 18.4 Å². The summed E-state index contributed by atoms with van der Waals surface area (Å²) in [5, 5.41) is 26.2. The summed E-state index contributed by atoms with van der Waals surface area (Å²) in [6.45, 7) is 1.83. The highest BCUT2D eigenvalue weighted by Crippen LogP contribution is 2.23. The molecule has 2 N–H and O–H groups in total. The van der Waals surface area contributed by atoms with Crippen LogP contribution in [-0.4, -0.2) is 31.8 Å². The van der Waals surface area contributed by atoms with Crippen LogP contribution in [0.1, 0.15) is 13.0 Å². The highest BCUT2D eigenvalue weighted by molar-refractivity contribution is 5.80. The average molecular weight is 193 g/mol. The number of phenolic OH excluding ortho intramolecular Hbond substituents is 1. The molecule has 0 fully saturated rings. The van der Waals surface area contributed by atoms with Crippen LogP contribution in [0.5, 0.6) is 5.75 Å². The van der Waals surface area contributed by atoms with Crippen molar-refractivity contribution in [2.75, 3.05) is 6.61 Å². The molecule has 2 aromatic rings. The second-order valence-corrected chi connectivity index (χ2v) is 3.21. The molecule has 0 radical (unpaired) electrons. The Balaban J connectivity index is 2.63. The third-order valence-electron chi connectivity index (χ3n) is 2.16. The van der Waals surface area contributed by atoms with E-state index >= 15 is 0 Å². The van der Waals surface area contributed by atoms with E-state index in [1.165, 1.54) is 0 Å². The molecular weight excluding hydrogens is 182 g/mol. The normalized spacial score (nSPS) is 13.3. The number of rotatable bonds is 2. The van der Waals surface area contributed by atoms with Gasteiger partial charge in [-0.25, -0.2) is 4.68 Å². The third-order valence-corrected chi connectivity index (χ3v) is 2.16. The Morgan fingerprint density at radius 1 is 1.50 bits per heavy atom. The molecule has 1 unspecified atom stereocenters. The van der Waals surface area contributed by atoms with Crippen LogP contribution in [0.4, 0.5) is 0 Å². The van der Waals surface area contributed by atoms with Crippen molar-refractivity contribution in [1.82, 2.24) is 15.0 Å². The Hall–Kier alpha value is -1.62. The molecule has 1 atom stereocenters. The molecule has 14 heavy (non-hydrogen) atoms. The van der Waals surface area contributed by atoms with Gasteiger partial charge in [-0.2, -0.15) is 0 Å². The number of aliphatic hydroxyl groups excluding tert-OH is 1. The largest absolute Gasteiger partial charge is 0.506 e. The zero-order valence-corrected chi connectivity index (χ0v) is 7.75. The number of phenols is 1. The molecule has 2 rings (SSSR count). The van der Waals surface area contributed by atoms with Gasteiger partial charge in [0.2, 0.25) is 0 Å². The van der Waals surface area contributed by atoms with Gasteiger partial charge in [0.1, 0.15) is 5.75 Å². The summed E-state index contributed by atoms with van der Waals surface area (Å²) in [6, 6.07) is 4.95. The number of aliphatic hydroxyl groups is 1. The fourth-order valence-electron chi connectivity index (χ4n) is 1.35. The predicted octanol–water partition coefficient (Wildman–Crippen LogP) is 0.690. The molecule has 1 heterocycles. The van der Waals surface area contributed by atoms with Gasteiger partial charge in [-0.1, -0.05) is 11.3 Å². The number of benzene rings is 1. The first kappa shape index (κ1) is 8.96. The van der Waals surface area contributed by atoms with Crippen molar-refractivity contribution in [3.63, 3.8) is 0 Å². The van der Waals surface area contributed by atoms with Crippen molar-refractivity contribution in [1.29, 1.82) is 0 Å². The molecule has 74 valence electrons. The SMILES string of the molecule is CC(CO)n1nnc2c(O)cccc21. The van der Waals surface area contributed by atoms with Gasteiger partial charge in [-0.15, -0.1) is 5.10 Å². The van der Waals surface area contributed by atoms with Crippen LogP contribution in [0, 0.1) is 0 Å². The molecule has 0 aliphatic heterocycles. The molecule has 0 bridgehead atoms. The Kier molecular flexibility index (Phi) is 2.09. The summed E-state index contributed by atoms with van der Waals surface area (Å²) in [5.74, 6) is 0.110. The molecule has 1 aromatic heterocycles. The number of hydrogen-bond donors (Lipinski definition) is 2. The molecular formula is C9H11N3O2. The maximum Gasteiger partial charge on any atom is 0.154 e. The lowest BCUT2D eigenvalue weighted by molar-refractivity contribution is 0.231. The number of fused-ring (bicyclic) bond motifs is 1. The van der Waals surface area contributed by atoms with E-state index < -0.39 is 0 Å². The first-order chi connectivity index (χ1) is 6.74. The zero-order valence-electron chi connectivity index (χ0n) is 7.75. The van der Waals surface area contributed by atoms with E-state index in [9.17, 15) is 5.11 Å². The molecule has 0 amide bonds. The van der Waals surface area contributed by atoms with Crippen molar-refractivity contribution in [3.8, 4) is 5.75 Å². The Morgan fingerprint density at radius 3 is 3.00 bits per heavy atom. The van der Waals surface area contributed by atoms with E-state index in [0.717, 1.165) is 5.52 Å². The van der Waals surface area contributed by atoms with Crippen LogP contribution < -0.4 is 0 Å². The van der Waals surface area contributed by atoms with Gasteiger partial charge in [0.05, 0.1) is 18.2 Å². The maximum absolute atomic E-state index is 9.46. The van der Waals surface area contributed by atoms with E-state index in [1.807, 2.05) is 6.92 Å². The second kappa shape index (κ2) is 3.26. The quantitative estimate of drug-likeness (QED) is 0.736. The van der Waals surface area contributed by atoms with E-state index in [1.54, 1.807) is 22.9 Å².